The predicted molar refractivity (Wildman–Crippen MR) is 136 cm³/mol. The summed E-state index contributed by atoms with van der Waals surface area (Å²) in [5.41, 5.74) is 1.38. The number of carbonyl (C=O) groups is 1. The molecule has 7 nitrogen and oxygen atoms in total. The summed E-state index contributed by atoms with van der Waals surface area (Å²) in [6, 6.07) is 11.2. The number of likely N-dealkylation sites (N-methyl/N-ethyl adjacent to an activating group) is 1. The summed E-state index contributed by atoms with van der Waals surface area (Å²) in [6.45, 7) is 4.17. The summed E-state index contributed by atoms with van der Waals surface area (Å²) in [7, 11) is 1.69. The van der Waals surface area contributed by atoms with Crippen molar-refractivity contribution >= 4 is 41.5 Å². The molecule has 1 atom stereocenters. The van der Waals surface area contributed by atoms with Crippen LogP contribution < -0.4 is 25.6 Å². The summed E-state index contributed by atoms with van der Waals surface area (Å²) in [5, 5.41) is 9.30. The van der Waals surface area contributed by atoms with Crippen molar-refractivity contribution < 1.29 is 18.3 Å². The first-order chi connectivity index (χ1) is 15.5. The third-order valence-corrected chi connectivity index (χ3v) is 5.11. The van der Waals surface area contributed by atoms with Crippen molar-refractivity contribution in [2.24, 2.45) is 4.99 Å². The van der Waals surface area contributed by atoms with Gasteiger partial charge in [0.2, 0.25) is 0 Å². The molecular weight excluding hydrogens is 543 g/mol. The topological polar surface area (TPSA) is 78.0 Å². The fourth-order valence-corrected chi connectivity index (χ4v) is 3.55. The van der Waals surface area contributed by atoms with E-state index in [1.54, 1.807) is 13.1 Å². The lowest BCUT2D eigenvalue weighted by atomic mass is 10.2. The first-order valence-corrected chi connectivity index (χ1v) is 10.6. The summed E-state index contributed by atoms with van der Waals surface area (Å²) >= 11 is 0. The van der Waals surface area contributed by atoms with E-state index in [0.29, 0.717) is 43.6 Å². The Kier molecular flexibility index (Phi) is 10.6. The highest BCUT2D eigenvalue weighted by Crippen LogP contribution is 2.24. The van der Waals surface area contributed by atoms with Crippen molar-refractivity contribution in [3.63, 3.8) is 0 Å². The molecule has 1 aliphatic rings. The zero-order valence-electron chi connectivity index (χ0n) is 18.7. The van der Waals surface area contributed by atoms with Crippen LogP contribution in [-0.4, -0.2) is 51.2 Å². The van der Waals surface area contributed by atoms with Crippen molar-refractivity contribution in [2.75, 3.05) is 38.2 Å². The van der Waals surface area contributed by atoms with Gasteiger partial charge in [0.25, 0.3) is 5.91 Å². The summed E-state index contributed by atoms with van der Waals surface area (Å²) in [5.74, 6) is -0.0473. The van der Waals surface area contributed by atoms with Gasteiger partial charge in [-0.05, 0) is 43.2 Å². The van der Waals surface area contributed by atoms with Crippen LogP contribution in [0.1, 0.15) is 18.9 Å². The molecule has 0 saturated carbocycles. The average Bonchev–Trinajstić information content (AvgIpc) is 3.24. The van der Waals surface area contributed by atoms with Crippen LogP contribution in [0.3, 0.4) is 0 Å². The summed E-state index contributed by atoms with van der Waals surface area (Å²) in [6.07, 6.45) is 0.806. The number of nitrogens with one attached hydrogen (secondary N) is 3. The lowest BCUT2D eigenvalue weighted by Gasteiger charge is -2.21. The van der Waals surface area contributed by atoms with E-state index in [2.05, 4.69) is 20.9 Å². The van der Waals surface area contributed by atoms with E-state index in [4.69, 9.17) is 4.74 Å². The van der Waals surface area contributed by atoms with E-state index in [1.807, 2.05) is 30.0 Å². The minimum absolute atomic E-state index is 0. The third-order valence-electron chi connectivity index (χ3n) is 5.11. The number of amides is 1. The number of guanidine groups is 1. The number of aliphatic imine (C=N–C) groups is 1. The van der Waals surface area contributed by atoms with Gasteiger partial charge in [0, 0.05) is 45.3 Å². The Morgan fingerprint density at radius 2 is 2.03 bits per heavy atom. The fraction of sp³-hybridized carbons (Fsp3) is 0.391. The van der Waals surface area contributed by atoms with Gasteiger partial charge < -0.3 is 25.6 Å². The number of carbonyl (C=O) groups excluding carboxylic acids is 1. The predicted octanol–water partition coefficient (Wildman–Crippen LogP) is 3.04. The Labute approximate surface area is 210 Å². The molecule has 1 aliphatic heterocycles. The second-order valence-corrected chi connectivity index (χ2v) is 7.49. The van der Waals surface area contributed by atoms with Gasteiger partial charge in [0.1, 0.15) is 17.4 Å². The van der Waals surface area contributed by atoms with E-state index < -0.39 is 11.6 Å². The van der Waals surface area contributed by atoms with Crippen LogP contribution in [0.15, 0.2) is 47.5 Å². The monoisotopic (exact) mass is 573 g/mol. The Hall–Kier alpha value is -2.63. The quantitative estimate of drug-likeness (QED) is 0.257. The zero-order valence-corrected chi connectivity index (χ0v) is 21.1. The second kappa shape index (κ2) is 13.2. The highest BCUT2D eigenvalue weighted by atomic mass is 127. The number of ether oxygens (including phenoxy) is 1. The van der Waals surface area contributed by atoms with Gasteiger partial charge in [-0.2, -0.15) is 0 Å². The van der Waals surface area contributed by atoms with Crippen LogP contribution >= 0.6 is 24.0 Å². The van der Waals surface area contributed by atoms with Crippen molar-refractivity contribution in [3.8, 4) is 5.75 Å². The molecule has 33 heavy (non-hydrogen) atoms. The van der Waals surface area contributed by atoms with Crippen LogP contribution in [0, 0.1) is 11.6 Å². The van der Waals surface area contributed by atoms with Crippen molar-refractivity contribution in [1.82, 2.24) is 16.0 Å². The largest absolute Gasteiger partial charge is 0.484 e. The number of hydrogen-bond donors (Lipinski definition) is 3. The molecule has 1 unspecified atom stereocenters. The zero-order chi connectivity index (χ0) is 22.9. The Bertz CT molecular complexity index is 960. The molecule has 0 aromatic heterocycles. The molecule has 10 heteroatoms. The van der Waals surface area contributed by atoms with Crippen molar-refractivity contribution in [3.05, 3.63) is 59.7 Å². The van der Waals surface area contributed by atoms with E-state index >= 15 is 0 Å². The Morgan fingerprint density at radius 3 is 2.76 bits per heavy atom. The Balaban J connectivity index is 0.00000385. The number of hydrogen-bond acceptors (Lipinski definition) is 4. The molecule has 1 fully saturated rings. The lowest BCUT2D eigenvalue weighted by Crippen LogP contribution is -2.44. The highest BCUT2D eigenvalue weighted by molar-refractivity contribution is 14.0. The number of nitrogens with zero attached hydrogens (tertiary/aromatic N) is 2. The maximum atomic E-state index is 14.1. The molecule has 2 aromatic rings. The van der Waals surface area contributed by atoms with Crippen LogP contribution in [0.25, 0.3) is 0 Å². The molecule has 0 aliphatic carbocycles. The van der Waals surface area contributed by atoms with Crippen LogP contribution in [0.5, 0.6) is 5.75 Å². The van der Waals surface area contributed by atoms with E-state index in [9.17, 15) is 13.6 Å². The SMILES string of the molecule is CCNC(=O)COc1cccc(CNC(=NC)NC2CCN(c3ccc(F)cc3F)C2)c1.I. The minimum Gasteiger partial charge on any atom is -0.484 e. The number of rotatable bonds is 8. The van der Waals surface area contributed by atoms with Crippen LogP contribution in [0.4, 0.5) is 14.5 Å². The molecule has 180 valence electrons. The van der Waals surface area contributed by atoms with E-state index in [-0.39, 0.29) is 42.5 Å². The van der Waals surface area contributed by atoms with Gasteiger partial charge in [-0.15, -0.1) is 24.0 Å². The number of halogens is 3. The molecule has 1 saturated heterocycles. The third kappa shape index (κ3) is 8.02. The molecule has 1 amide bonds. The van der Waals surface area contributed by atoms with E-state index in [0.717, 1.165) is 18.1 Å². The van der Waals surface area contributed by atoms with Crippen LogP contribution in [0.2, 0.25) is 0 Å². The molecule has 3 N–H and O–H groups in total. The normalized spacial score (nSPS) is 15.6. The van der Waals surface area contributed by atoms with E-state index in [1.165, 1.54) is 12.1 Å². The van der Waals surface area contributed by atoms with Gasteiger partial charge in [0.15, 0.2) is 12.6 Å². The number of benzene rings is 2. The standard InChI is InChI=1S/C23H29F2N5O2.HI/c1-3-27-22(31)15-32-19-6-4-5-16(11-19)13-28-23(26-2)29-18-9-10-30(14-18)21-8-7-17(24)12-20(21)25;/h4-8,11-12,18H,3,9-10,13-15H2,1-2H3,(H,27,31)(H2,26,28,29);1H. The molecule has 0 bridgehead atoms. The number of anilines is 1. The Morgan fingerprint density at radius 1 is 1.21 bits per heavy atom. The molecule has 1 heterocycles. The van der Waals surface area contributed by atoms with Gasteiger partial charge in [-0.1, -0.05) is 12.1 Å². The lowest BCUT2D eigenvalue weighted by molar-refractivity contribution is -0.122. The van der Waals surface area contributed by atoms with Gasteiger partial charge in [-0.25, -0.2) is 8.78 Å². The first kappa shape index (κ1) is 26.6. The molecule has 0 radical (unpaired) electrons. The van der Waals surface area contributed by atoms with Crippen molar-refractivity contribution in [1.29, 1.82) is 0 Å². The molecule has 0 spiro atoms. The first-order valence-electron chi connectivity index (χ1n) is 10.6. The maximum Gasteiger partial charge on any atom is 0.257 e. The van der Waals surface area contributed by atoms with Gasteiger partial charge in [0.05, 0.1) is 5.69 Å². The fourth-order valence-electron chi connectivity index (χ4n) is 3.55. The summed E-state index contributed by atoms with van der Waals surface area (Å²) < 4.78 is 32.8. The van der Waals surface area contributed by atoms with Crippen molar-refractivity contribution in [2.45, 2.75) is 25.9 Å². The molecule has 3 rings (SSSR count). The second-order valence-electron chi connectivity index (χ2n) is 7.49. The van der Waals surface area contributed by atoms with Gasteiger partial charge in [-0.3, -0.25) is 9.79 Å². The molecule has 2 aromatic carbocycles. The smallest absolute Gasteiger partial charge is 0.257 e. The van der Waals surface area contributed by atoms with Crippen LogP contribution in [-0.2, 0) is 11.3 Å². The highest BCUT2D eigenvalue weighted by Gasteiger charge is 2.25. The molecular formula is C23H30F2IN5O2. The minimum atomic E-state index is -0.580. The average molecular weight is 573 g/mol. The maximum absolute atomic E-state index is 14.1. The summed E-state index contributed by atoms with van der Waals surface area (Å²) in [4.78, 5) is 17.7. The van der Waals surface area contributed by atoms with Gasteiger partial charge >= 0.3 is 0 Å².